The van der Waals surface area contributed by atoms with Gasteiger partial charge < -0.3 is 21.1 Å². The highest BCUT2D eigenvalue weighted by molar-refractivity contribution is 7.09. The maximum Gasteiger partial charge on any atom is 0.273 e. The number of nitrogens with zero attached hydrogens (tertiary/aromatic N) is 2. The highest BCUT2D eigenvalue weighted by Crippen LogP contribution is 2.30. The summed E-state index contributed by atoms with van der Waals surface area (Å²) >= 11 is 0.853. The Balaban J connectivity index is 1.59. The van der Waals surface area contributed by atoms with Crippen LogP contribution < -0.4 is 26.0 Å². The van der Waals surface area contributed by atoms with Gasteiger partial charge in [-0.25, -0.2) is 0 Å². The van der Waals surface area contributed by atoms with Crippen LogP contribution in [0.4, 0.5) is 11.4 Å². The van der Waals surface area contributed by atoms with Crippen LogP contribution in [-0.2, 0) is 11.3 Å². The van der Waals surface area contributed by atoms with E-state index in [-0.39, 0.29) is 34.1 Å². The first-order valence-electron chi connectivity index (χ1n) is 12.2. The molecule has 4 rings (SSSR count). The first kappa shape index (κ1) is 26.2. The Morgan fingerprint density at radius 1 is 1.14 bits per heavy atom. The van der Waals surface area contributed by atoms with Gasteiger partial charge in [-0.15, -0.1) is 0 Å². The van der Waals surface area contributed by atoms with Gasteiger partial charge in [0.15, 0.2) is 5.69 Å². The minimum Gasteiger partial charge on any atom is -0.497 e. The van der Waals surface area contributed by atoms with Gasteiger partial charge in [0.1, 0.15) is 16.7 Å². The van der Waals surface area contributed by atoms with Gasteiger partial charge in [0.25, 0.3) is 11.8 Å². The number of nitrogen functional groups attached to an aromatic ring is 1. The molecule has 0 spiro atoms. The number of anilines is 2. The Labute approximate surface area is 220 Å². The van der Waals surface area contributed by atoms with Crippen molar-refractivity contribution in [2.24, 2.45) is 0 Å². The maximum absolute atomic E-state index is 13.8. The molecule has 1 aliphatic rings. The summed E-state index contributed by atoms with van der Waals surface area (Å²) in [6.07, 6.45) is 3.98. The number of hydrogen-bond donors (Lipinski definition) is 3. The minimum absolute atomic E-state index is 0.00952. The molecule has 1 aromatic heterocycles. The van der Waals surface area contributed by atoms with E-state index in [4.69, 9.17) is 10.5 Å². The van der Waals surface area contributed by atoms with Crippen molar-refractivity contribution in [2.75, 3.05) is 17.7 Å². The number of carbonyl (C=O) groups excluding carboxylic acids is 3. The number of amides is 3. The van der Waals surface area contributed by atoms with E-state index in [0.717, 1.165) is 42.8 Å². The van der Waals surface area contributed by atoms with Gasteiger partial charge in [0.2, 0.25) is 5.91 Å². The molecule has 0 bridgehead atoms. The molecule has 1 saturated carbocycles. The Kier molecular flexibility index (Phi) is 8.39. The zero-order valence-electron chi connectivity index (χ0n) is 20.9. The van der Waals surface area contributed by atoms with Crippen molar-refractivity contribution in [3.63, 3.8) is 0 Å². The van der Waals surface area contributed by atoms with Crippen molar-refractivity contribution >= 4 is 40.6 Å². The van der Waals surface area contributed by atoms with Gasteiger partial charge in [-0.1, -0.05) is 49.2 Å². The molecule has 1 atom stereocenters. The number of hydrogen-bond acceptors (Lipinski definition) is 7. The molecule has 10 heteroatoms. The van der Waals surface area contributed by atoms with Crippen molar-refractivity contribution in [1.82, 2.24) is 15.0 Å². The highest BCUT2D eigenvalue weighted by atomic mass is 32.1. The Morgan fingerprint density at radius 2 is 1.86 bits per heavy atom. The molecule has 0 saturated heterocycles. The first-order chi connectivity index (χ1) is 17.9. The van der Waals surface area contributed by atoms with E-state index >= 15 is 0 Å². The van der Waals surface area contributed by atoms with Crippen molar-refractivity contribution in [3.05, 3.63) is 70.7 Å². The second-order valence-electron chi connectivity index (χ2n) is 8.98. The van der Waals surface area contributed by atoms with E-state index in [9.17, 15) is 14.4 Å². The lowest BCUT2D eigenvalue weighted by Crippen LogP contribution is -2.48. The second-order valence-corrected chi connectivity index (χ2v) is 9.76. The van der Waals surface area contributed by atoms with Crippen LogP contribution in [0.2, 0.25) is 0 Å². The van der Waals surface area contributed by atoms with E-state index in [0.29, 0.717) is 18.0 Å². The second kappa shape index (κ2) is 11.9. The number of carbonyl (C=O) groups is 3. The quantitative estimate of drug-likeness (QED) is 0.394. The summed E-state index contributed by atoms with van der Waals surface area (Å²) in [5.41, 5.74) is 7.71. The average molecular weight is 522 g/mol. The summed E-state index contributed by atoms with van der Waals surface area (Å²) in [5, 5.41) is 5.85. The van der Waals surface area contributed by atoms with Gasteiger partial charge >= 0.3 is 0 Å². The van der Waals surface area contributed by atoms with Crippen LogP contribution in [-0.4, -0.2) is 41.3 Å². The summed E-state index contributed by atoms with van der Waals surface area (Å²) in [5.74, 6) is -0.727. The number of ether oxygens (including phenoxy) is 1. The zero-order valence-corrected chi connectivity index (χ0v) is 21.7. The zero-order chi connectivity index (χ0) is 26.4. The Bertz CT molecular complexity index is 1260. The summed E-state index contributed by atoms with van der Waals surface area (Å²) in [7, 11) is 1.53. The molecule has 3 amide bonds. The lowest BCUT2D eigenvalue weighted by molar-refractivity contribution is -0.122. The maximum atomic E-state index is 13.8. The van der Waals surface area contributed by atoms with Crippen molar-refractivity contribution in [2.45, 2.75) is 51.2 Å². The van der Waals surface area contributed by atoms with E-state index in [1.54, 1.807) is 31.2 Å². The lowest BCUT2D eigenvalue weighted by atomic mass is 10.1. The summed E-state index contributed by atoms with van der Waals surface area (Å²) in [6, 6.07) is 15.6. The monoisotopic (exact) mass is 521 g/mol. The molecular formula is C27H31N5O4S. The number of methoxy groups -OCH3 is 1. The van der Waals surface area contributed by atoms with Crippen LogP contribution in [0.15, 0.2) is 54.6 Å². The predicted molar refractivity (Wildman–Crippen MR) is 144 cm³/mol. The third-order valence-corrected chi connectivity index (χ3v) is 7.31. The average Bonchev–Trinajstić information content (AvgIpc) is 3.57. The summed E-state index contributed by atoms with van der Waals surface area (Å²) in [4.78, 5) is 41.2. The first-order valence-corrected chi connectivity index (χ1v) is 13.0. The number of rotatable bonds is 9. The number of aromatic nitrogens is 1. The van der Waals surface area contributed by atoms with Crippen LogP contribution >= 0.6 is 11.5 Å². The van der Waals surface area contributed by atoms with Crippen LogP contribution in [0.3, 0.4) is 0 Å². The molecule has 2 aromatic carbocycles. The largest absolute Gasteiger partial charge is 0.497 e. The predicted octanol–water partition coefficient (Wildman–Crippen LogP) is 3.76. The van der Waals surface area contributed by atoms with Crippen molar-refractivity contribution < 1.29 is 19.1 Å². The number of nitrogens with one attached hydrogen (secondary N) is 2. The highest BCUT2D eigenvalue weighted by Gasteiger charge is 2.33. The van der Waals surface area contributed by atoms with E-state index < -0.39 is 11.9 Å². The van der Waals surface area contributed by atoms with Gasteiger partial charge in [0.05, 0.1) is 12.8 Å². The fraction of sp³-hybridized carbons (Fsp3) is 0.333. The third kappa shape index (κ3) is 6.08. The molecular weight excluding hydrogens is 490 g/mol. The van der Waals surface area contributed by atoms with Crippen molar-refractivity contribution in [1.29, 1.82) is 0 Å². The molecule has 0 radical (unpaired) electrons. The molecule has 3 aromatic rings. The molecule has 1 heterocycles. The molecule has 0 aliphatic heterocycles. The van der Waals surface area contributed by atoms with Crippen LogP contribution in [0, 0.1) is 0 Å². The Hall–Kier alpha value is -3.92. The van der Waals surface area contributed by atoms with Crippen molar-refractivity contribution in [3.8, 4) is 5.75 Å². The van der Waals surface area contributed by atoms with E-state index in [1.165, 1.54) is 12.0 Å². The van der Waals surface area contributed by atoms with Crippen LogP contribution in [0.1, 0.15) is 58.3 Å². The Morgan fingerprint density at radius 3 is 2.57 bits per heavy atom. The lowest BCUT2D eigenvalue weighted by Gasteiger charge is -2.28. The SMILES string of the molecule is COc1cccc(N(C(=O)c2snc(C(=O)NC3CCCC3)c2N)[C@H](C)C(=O)NCc2ccccc2)c1. The summed E-state index contributed by atoms with van der Waals surface area (Å²) in [6.45, 7) is 1.96. The van der Waals surface area contributed by atoms with E-state index in [1.807, 2.05) is 30.3 Å². The summed E-state index contributed by atoms with van der Waals surface area (Å²) < 4.78 is 9.53. The minimum atomic E-state index is -0.888. The normalized spacial score (nSPS) is 14.1. The van der Waals surface area contributed by atoms with Gasteiger partial charge in [0, 0.05) is 24.3 Å². The van der Waals surface area contributed by atoms with Crippen LogP contribution in [0.25, 0.3) is 0 Å². The molecule has 4 N–H and O–H groups in total. The van der Waals surface area contributed by atoms with Gasteiger partial charge in [-0.05, 0) is 49.0 Å². The van der Waals surface area contributed by atoms with Crippen LogP contribution in [0.5, 0.6) is 5.75 Å². The fourth-order valence-corrected chi connectivity index (χ4v) is 5.11. The number of benzene rings is 2. The fourth-order valence-electron chi connectivity index (χ4n) is 4.38. The van der Waals surface area contributed by atoms with Gasteiger partial charge in [-0.2, -0.15) is 4.37 Å². The molecule has 1 aliphatic carbocycles. The smallest absolute Gasteiger partial charge is 0.273 e. The standard InChI is InChI=1S/C27H31N5O4S/c1-17(25(33)29-16-18-9-4-3-5-10-18)32(20-13-8-14-21(15-20)36-2)27(35)24-22(28)23(31-37-24)26(34)30-19-11-6-7-12-19/h3-5,8-10,13-15,17,19H,6-7,11-12,16,28H2,1-2H3,(H,29,33)(H,30,34)/t17-/m1/s1. The molecule has 9 nitrogen and oxygen atoms in total. The molecule has 0 unspecified atom stereocenters. The third-order valence-electron chi connectivity index (χ3n) is 6.45. The van der Waals surface area contributed by atoms with Gasteiger partial charge in [-0.3, -0.25) is 19.3 Å². The topological polar surface area (TPSA) is 127 Å². The molecule has 1 fully saturated rings. The van der Waals surface area contributed by atoms with E-state index in [2.05, 4.69) is 15.0 Å². The number of nitrogens with two attached hydrogens (primary N) is 1. The molecule has 37 heavy (non-hydrogen) atoms. The molecule has 194 valence electrons.